The molecule has 0 unspecified atom stereocenters. The number of benzene rings is 3. The average Bonchev–Trinajstić information content (AvgIpc) is 2.82. The first-order chi connectivity index (χ1) is 16.2. The fraction of sp³-hybridized carbons (Fsp3) is 0.174. The van der Waals surface area contributed by atoms with Crippen LogP contribution in [0.3, 0.4) is 0 Å². The van der Waals surface area contributed by atoms with Crippen LogP contribution in [-0.4, -0.2) is 33.2 Å². The number of halogens is 4. The molecule has 5 nitrogen and oxygen atoms in total. The van der Waals surface area contributed by atoms with Crippen LogP contribution in [0.1, 0.15) is 5.56 Å². The molecule has 0 saturated heterocycles. The quantitative estimate of drug-likeness (QED) is 0.278. The lowest BCUT2D eigenvalue weighted by Gasteiger charge is -2.24. The lowest BCUT2D eigenvalue weighted by molar-refractivity contribution is -0.119. The summed E-state index contributed by atoms with van der Waals surface area (Å²) in [6.45, 7) is -0.0436. The molecule has 3 aromatic carbocycles. The van der Waals surface area contributed by atoms with E-state index >= 15 is 0 Å². The lowest BCUT2D eigenvalue weighted by atomic mass is 10.2. The SMILES string of the molecule is O=C(CN(c1ccc(Cl)c(Cl)c1)S(=O)(=O)c1ccccc1)NCCSCc1ccc(Cl)c(Cl)c1. The smallest absolute Gasteiger partial charge is 0.264 e. The van der Waals surface area contributed by atoms with Crippen molar-refractivity contribution in [3.05, 3.63) is 92.4 Å². The van der Waals surface area contributed by atoms with E-state index in [1.165, 1.54) is 30.3 Å². The number of carbonyl (C=O) groups is 1. The maximum absolute atomic E-state index is 13.3. The van der Waals surface area contributed by atoms with Gasteiger partial charge in [-0.3, -0.25) is 9.10 Å². The Bertz CT molecular complexity index is 1260. The third kappa shape index (κ3) is 7.20. The Labute approximate surface area is 223 Å². The number of carbonyl (C=O) groups excluding carboxylic acids is 1. The third-order valence-corrected chi connectivity index (χ3v) is 8.93. The molecule has 0 heterocycles. The Morgan fingerprint density at radius 2 is 1.50 bits per heavy atom. The normalized spacial score (nSPS) is 11.3. The summed E-state index contributed by atoms with van der Waals surface area (Å²) >= 11 is 25.6. The van der Waals surface area contributed by atoms with Crippen molar-refractivity contribution in [1.29, 1.82) is 0 Å². The van der Waals surface area contributed by atoms with Gasteiger partial charge in [-0.25, -0.2) is 8.42 Å². The number of nitrogens with one attached hydrogen (secondary N) is 1. The van der Waals surface area contributed by atoms with Crippen LogP contribution in [-0.2, 0) is 20.6 Å². The van der Waals surface area contributed by atoms with Crippen molar-refractivity contribution in [3.63, 3.8) is 0 Å². The fourth-order valence-corrected chi connectivity index (χ4v) is 5.80. The van der Waals surface area contributed by atoms with E-state index in [1.807, 2.05) is 6.07 Å². The van der Waals surface area contributed by atoms with Gasteiger partial charge in [0.05, 0.1) is 30.7 Å². The number of amides is 1. The van der Waals surface area contributed by atoms with Gasteiger partial charge in [0, 0.05) is 18.1 Å². The molecule has 0 aromatic heterocycles. The minimum atomic E-state index is -4.02. The van der Waals surface area contributed by atoms with Gasteiger partial charge in [-0.1, -0.05) is 70.7 Å². The lowest BCUT2D eigenvalue weighted by Crippen LogP contribution is -2.41. The number of rotatable bonds is 10. The van der Waals surface area contributed by atoms with Crippen molar-refractivity contribution in [3.8, 4) is 0 Å². The second-order valence-corrected chi connectivity index (χ2v) is 11.7. The van der Waals surface area contributed by atoms with Gasteiger partial charge in [0.2, 0.25) is 5.91 Å². The summed E-state index contributed by atoms with van der Waals surface area (Å²) in [5.74, 6) is 0.884. The molecular formula is C23H20Cl4N2O3S2. The summed E-state index contributed by atoms with van der Waals surface area (Å²) < 4.78 is 27.6. The van der Waals surface area contributed by atoms with Gasteiger partial charge < -0.3 is 5.32 Å². The summed E-state index contributed by atoms with van der Waals surface area (Å²) in [6.07, 6.45) is 0. The van der Waals surface area contributed by atoms with E-state index in [1.54, 1.807) is 42.1 Å². The van der Waals surface area contributed by atoms with Crippen LogP contribution in [0.4, 0.5) is 5.69 Å². The summed E-state index contributed by atoms with van der Waals surface area (Å²) in [6, 6.07) is 17.7. The second kappa shape index (κ2) is 12.4. The Balaban J connectivity index is 1.64. The van der Waals surface area contributed by atoms with Crippen LogP contribution in [0.5, 0.6) is 0 Å². The molecule has 3 rings (SSSR count). The highest BCUT2D eigenvalue weighted by atomic mass is 35.5. The molecule has 1 amide bonds. The van der Waals surface area contributed by atoms with Gasteiger partial charge in [0.1, 0.15) is 6.54 Å². The van der Waals surface area contributed by atoms with Crippen LogP contribution in [0, 0.1) is 0 Å². The number of anilines is 1. The van der Waals surface area contributed by atoms with E-state index in [0.29, 0.717) is 28.1 Å². The predicted molar refractivity (Wildman–Crippen MR) is 143 cm³/mol. The number of thioether (sulfide) groups is 1. The van der Waals surface area contributed by atoms with Crippen LogP contribution in [0.2, 0.25) is 20.1 Å². The highest BCUT2D eigenvalue weighted by Gasteiger charge is 2.27. The monoisotopic (exact) mass is 576 g/mol. The predicted octanol–water partition coefficient (Wildman–Crippen LogP) is 6.55. The van der Waals surface area contributed by atoms with Crippen molar-refractivity contribution in [2.75, 3.05) is 23.1 Å². The molecular weight excluding hydrogens is 558 g/mol. The van der Waals surface area contributed by atoms with Gasteiger partial charge in [0.25, 0.3) is 10.0 Å². The Kier molecular flexibility index (Phi) is 9.83. The Hall–Kier alpha value is -1.61. The molecule has 0 fully saturated rings. The van der Waals surface area contributed by atoms with Crippen LogP contribution in [0.25, 0.3) is 0 Å². The van der Waals surface area contributed by atoms with Crippen molar-refractivity contribution in [2.24, 2.45) is 0 Å². The zero-order chi connectivity index (χ0) is 24.7. The van der Waals surface area contributed by atoms with E-state index < -0.39 is 22.5 Å². The van der Waals surface area contributed by atoms with Gasteiger partial charge >= 0.3 is 0 Å². The highest BCUT2D eigenvalue weighted by Crippen LogP contribution is 2.30. The molecule has 0 aliphatic rings. The van der Waals surface area contributed by atoms with Gasteiger partial charge in [-0.2, -0.15) is 11.8 Å². The molecule has 1 N–H and O–H groups in total. The van der Waals surface area contributed by atoms with Crippen LogP contribution in [0.15, 0.2) is 71.6 Å². The molecule has 34 heavy (non-hydrogen) atoms. The third-order valence-electron chi connectivity index (χ3n) is 4.63. The van der Waals surface area contributed by atoms with E-state index in [2.05, 4.69) is 5.32 Å². The molecule has 0 bridgehead atoms. The van der Waals surface area contributed by atoms with Crippen molar-refractivity contribution in [1.82, 2.24) is 5.32 Å². The zero-order valence-electron chi connectivity index (χ0n) is 17.7. The first-order valence-electron chi connectivity index (χ1n) is 9.99. The minimum Gasteiger partial charge on any atom is -0.354 e. The standard InChI is InChI=1S/C23H20Cl4N2O3S2/c24-19-8-6-16(12-21(19)26)15-33-11-10-28-23(30)14-29(17-7-9-20(25)22(27)13-17)34(31,32)18-4-2-1-3-5-18/h1-9,12-13H,10-11,14-15H2,(H,28,30). The highest BCUT2D eigenvalue weighted by molar-refractivity contribution is 7.98. The van der Waals surface area contributed by atoms with Crippen molar-refractivity contribution >= 4 is 79.8 Å². The van der Waals surface area contributed by atoms with E-state index in [0.717, 1.165) is 9.87 Å². The molecule has 180 valence electrons. The van der Waals surface area contributed by atoms with Gasteiger partial charge in [0.15, 0.2) is 0 Å². The summed E-state index contributed by atoms with van der Waals surface area (Å²) in [5, 5.41) is 4.23. The maximum Gasteiger partial charge on any atom is 0.264 e. The Morgan fingerprint density at radius 1 is 0.853 bits per heavy atom. The molecule has 11 heteroatoms. The molecule has 0 aliphatic carbocycles. The number of hydrogen-bond acceptors (Lipinski definition) is 4. The van der Waals surface area contributed by atoms with E-state index in [-0.39, 0.29) is 20.6 Å². The minimum absolute atomic E-state index is 0.0612. The second-order valence-electron chi connectivity index (χ2n) is 7.07. The van der Waals surface area contributed by atoms with Gasteiger partial charge in [-0.15, -0.1) is 0 Å². The van der Waals surface area contributed by atoms with E-state index in [9.17, 15) is 13.2 Å². The molecule has 0 radical (unpaired) electrons. The first kappa shape index (κ1) is 27.0. The first-order valence-corrected chi connectivity index (χ1v) is 14.1. The molecule has 0 aliphatic heterocycles. The van der Waals surface area contributed by atoms with Crippen LogP contribution < -0.4 is 9.62 Å². The summed E-state index contributed by atoms with van der Waals surface area (Å²) in [7, 11) is -4.02. The summed E-state index contributed by atoms with van der Waals surface area (Å²) in [4.78, 5) is 12.7. The Morgan fingerprint density at radius 3 is 2.15 bits per heavy atom. The number of sulfonamides is 1. The largest absolute Gasteiger partial charge is 0.354 e. The summed E-state index contributed by atoms with van der Waals surface area (Å²) in [5.41, 5.74) is 1.26. The van der Waals surface area contributed by atoms with Gasteiger partial charge in [-0.05, 0) is 48.0 Å². The number of nitrogens with zero attached hydrogens (tertiary/aromatic N) is 1. The topological polar surface area (TPSA) is 66.5 Å². The molecule has 0 spiro atoms. The molecule has 0 saturated carbocycles. The average molecular weight is 578 g/mol. The van der Waals surface area contributed by atoms with E-state index in [4.69, 9.17) is 46.4 Å². The molecule has 0 atom stereocenters. The molecule has 3 aromatic rings. The zero-order valence-corrected chi connectivity index (χ0v) is 22.3. The van der Waals surface area contributed by atoms with Crippen molar-refractivity contribution < 1.29 is 13.2 Å². The van der Waals surface area contributed by atoms with Crippen LogP contribution >= 0.6 is 58.2 Å². The number of hydrogen-bond donors (Lipinski definition) is 1. The maximum atomic E-state index is 13.3. The fourth-order valence-electron chi connectivity index (χ4n) is 2.94. The van der Waals surface area contributed by atoms with Crippen molar-refractivity contribution in [2.45, 2.75) is 10.6 Å².